The average molecular weight is 244 g/mol. The number of Topliss-reactive ketones (excluding diaryl/α,β-unsaturated/α-hetero) is 1. The summed E-state index contributed by atoms with van der Waals surface area (Å²) in [6, 6.07) is 10.4. The molecule has 0 aliphatic heterocycles. The van der Waals surface area contributed by atoms with Gasteiger partial charge < -0.3 is 0 Å². The van der Waals surface area contributed by atoms with Crippen LogP contribution in [0.1, 0.15) is 45.6 Å². The Balaban J connectivity index is 2.05. The minimum atomic E-state index is 0.241. The molecule has 1 aliphatic carbocycles. The van der Waals surface area contributed by atoms with Crippen LogP contribution >= 0.6 is 0 Å². The first-order chi connectivity index (χ1) is 8.47. The van der Waals surface area contributed by atoms with Crippen molar-refractivity contribution in [2.24, 2.45) is 17.3 Å². The van der Waals surface area contributed by atoms with E-state index in [4.69, 9.17) is 0 Å². The quantitative estimate of drug-likeness (QED) is 0.759. The van der Waals surface area contributed by atoms with E-state index in [1.165, 1.54) is 5.56 Å². The van der Waals surface area contributed by atoms with Crippen LogP contribution in [0.3, 0.4) is 0 Å². The van der Waals surface area contributed by atoms with Crippen molar-refractivity contribution >= 4 is 5.78 Å². The van der Waals surface area contributed by atoms with Gasteiger partial charge in [0, 0.05) is 12.3 Å². The fraction of sp³-hybridized carbons (Fsp3) is 0.588. The monoisotopic (exact) mass is 244 g/mol. The van der Waals surface area contributed by atoms with E-state index in [0.29, 0.717) is 17.1 Å². The Morgan fingerprint density at radius 1 is 1.17 bits per heavy atom. The molecule has 1 aliphatic rings. The molecule has 0 radical (unpaired) electrons. The van der Waals surface area contributed by atoms with Crippen molar-refractivity contribution < 1.29 is 4.79 Å². The highest BCUT2D eigenvalue weighted by atomic mass is 16.1. The maximum atomic E-state index is 12.1. The summed E-state index contributed by atoms with van der Waals surface area (Å²) in [5.74, 6) is 1.40. The van der Waals surface area contributed by atoms with E-state index in [1.807, 2.05) is 6.07 Å². The van der Waals surface area contributed by atoms with E-state index < -0.39 is 0 Å². The van der Waals surface area contributed by atoms with Crippen molar-refractivity contribution in [2.45, 2.75) is 46.5 Å². The molecule has 0 unspecified atom stereocenters. The van der Waals surface area contributed by atoms with Gasteiger partial charge in [-0.1, -0.05) is 51.1 Å². The van der Waals surface area contributed by atoms with Crippen LogP contribution < -0.4 is 0 Å². The van der Waals surface area contributed by atoms with Gasteiger partial charge in [0.1, 0.15) is 5.78 Å². The SMILES string of the molecule is CC(C)(C)[C@@H]1CCC(=O)[C@@H](Cc2ccccc2)C1. The lowest BCUT2D eigenvalue weighted by Gasteiger charge is -2.37. The van der Waals surface area contributed by atoms with Gasteiger partial charge in [0.2, 0.25) is 0 Å². The third kappa shape index (κ3) is 3.22. The molecule has 1 fully saturated rings. The molecule has 98 valence electrons. The summed E-state index contributed by atoms with van der Waals surface area (Å²) >= 11 is 0. The van der Waals surface area contributed by atoms with Crippen LogP contribution in [0, 0.1) is 17.3 Å². The van der Waals surface area contributed by atoms with E-state index in [-0.39, 0.29) is 5.92 Å². The maximum Gasteiger partial charge on any atom is 0.136 e. The van der Waals surface area contributed by atoms with E-state index in [1.54, 1.807) is 0 Å². The molecule has 2 rings (SSSR count). The number of benzene rings is 1. The van der Waals surface area contributed by atoms with Crippen molar-refractivity contribution in [1.82, 2.24) is 0 Å². The topological polar surface area (TPSA) is 17.1 Å². The standard InChI is InChI=1S/C17H24O/c1-17(2,3)15-9-10-16(18)14(12-15)11-13-7-5-4-6-8-13/h4-8,14-15H,9-12H2,1-3H3/t14-,15+/m0/s1. The highest BCUT2D eigenvalue weighted by molar-refractivity contribution is 5.82. The Bertz CT molecular complexity index is 399. The zero-order valence-corrected chi connectivity index (χ0v) is 11.8. The summed E-state index contributed by atoms with van der Waals surface area (Å²) in [6.45, 7) is 6.90. The molecule has 0 heterocycles. The Hall–Kier alpha value is -1.11. The molecule has 1 nitrogen and oxygen atoms in total. The molecular formula is C17H24O. The van der Waals surface area contributed by atoms with Gasteiger partial charge in [0.15, 0.2) is 0 Å². The third-order valence-corrected chi connectivity index (χ3v) is 4.31. The van der Waals surface area contributed by atoms with Gasteiger partial charge in [-0.05, 0) is 36.2 Å². The predicted molar refractivity (Wildman–Crippen MR) is 75.4 cm³/mol. The first kappa shape index (κ1) is 13.3. The Morgan fingerprint density at radius 3 is 2.44 bits per heavy atom. The summed E-state index contributed by atoms with van der Waals surface area (Å²) in [5.41, 5.74) is 1.63. The van der Waals surface area contributed by atoms with Gasteiger partial charge >= 0.3 is 0 Å². The molecule has 18 heavy (non-hydrogen) atoms. The molecule has 0 aromatic heterocycles. The molecule has 0 amide bonds. The van der Waals surface area contributed by atoms with Crippen LogP contribution in [0.4, 0.5) is 0 Å². The largest absolute Gasteiger partial charge is 0.299 e. The van der Waals surface area contributed by atoms with Crippen LogP contribution in [-0.4, -0.2) is 5.78 Å². The maximum absolute atomic E-state index is 12.1. The summed E-state index contributed by atoms with van der Waals surface area (Å²) in [5, 5.41) is 0. The van der Waals surface area contributed by atoms with Crippen molar-refractivity contribution in [1.29, 1.82) is 0 Å². The van der Waals surface area contributed by atoms with Crippen LogP contribution in [0.2, 0.25) is 0 Å². The van der Waals surface area contributed by atoms with Gasteiger partial charge in [0.05, 0.1) is 0 Å². The first-order valence-electron chi connectivity index (χ1n) is 7.03. The smallest absolute Gasteiger partial charge is 0.136 e. The van der Waals surface area contributed by atoms with Crippen molar-refractivity contribution in [3.05, 3.63) is 35.9 Å². The van der Waals surface area contributed by atoms with Gasteiger partial charge in [-0.15, -0.1) is 0 Å². The normalized spacial score (nSPS) is 25.2. The van der Waals surface area contributed by atoms with E-state index >= 15 is 0 Å². The zero-order valence-electron chi connectivity index (χ0n) is 11.8. The first-order valence-corrected chi connectivity index (χ1v) is 7.03. The second-order valence-electron chi connectivity index (χ2n) is 6.69. The Kier molecular flexibility index (Phi) is 3.89. The van der Waals surface area contributed by atoms with E-state index in [2.05, 4.69) is 45.0 Å². The van der Waals surface area contributed by atoms with Gasteiger partial charge in [-0.3, -0.25) is 4.79 Å². The second-order valence-corrected chi connectivity index (χ2v) is 6.69. The number of carbonyl (C=O) groups is 1. The zero-order chi connectivity index (χ0) is 13.2. The summed E-state index contributed by atoms with van der Waals surface area (Å²) < 4.78 is 0. The number of rotatable bonds is 2. The predicted octanol–water partition coefficient (Wildman–Crippen LogP) is 4.26. The molecule has 1 aromatic rings. The van der Waals surface area contributed by atoms with Crippen molar-refractivity contribution in [3.8, 4) is 0 Å². The lowest BCUT2D eigenvalue weighted by Crippen LogP contribution is -2.33. The van der Waals surface area contributed by atoms with Crippen molar-refractivity contribution in [2.75, 3.05) is 0 Å². The molecular weight excluding hydrogens is 220 g/mol. The molecule has 2 atom stereocenters. The average Bonchev–Trinajstić information content (AvgIpc) is 2.32. The minimum absolute atomic E-state index is 0.241. The van der Waals surface area contributed by atoms with Crippen LogP contribution in [-0.2, 0) is 11.2 Å². The van der Waals surface area contributed by atoms with Crippen LogP contribution in [0.25, 0.3) is 0 Å². The summed E-state index contributed by atoms with van der Waals surface area (Å²) in [6.07, 6.45) is 3.84. The summed E-state index contributed by atoms with van der Waals surface area (Å²) in [4.78, 5) is 12.1. The van der Waals surface area contributed by atoms with Crippen molar-refractivity contribution in [3.63, 3.8) is 0 Å². The lowest BCUT2D eigenvalue weighted by atomic mass is 9.67. The third-order valence-electron chi connectivity index (χ3n) is 4.31. The van der Waals surface area contributed by atoms with Gasteiger partial charge in [0.25, 0.3) is 0 Å². The fourth-order valence-electron chi connectivity index (χ4n) is 3.00. The number of ketones is 1. The van der Waals surface area contributed by atoms with Crippen LogP contribution in [0.15, 0.2) is 30.3 Å². The number of carbonyl (C=O) groups excluding carboxylic acids is 1. The molecule has 0 spiro atoms. The fourth-order valence-corrected chi connectivity index (χ4v) is 3.00. The van der Waals surface area contributed by atoms with E-state index in [9.17, 15) is 4.79 Å². The molecule has 1 heteroatoms. The molecule has 1 saturated carbocycles. The highest BCUT2D eigenvalue weighted by Crippen LogP contribution is 2.39. The van der Waals surface area contributed by atoms with E-state index in [0.717, 1.165) is 25.7 Å². The Labute approximate surface area is 111 Å². The van der Waals surface area contributed by atoms with Gasteiger partial charge in [-0.25, -0.2) is 0 Å². The summed E-state index contributed by atoms with van der Waals surface area (Å²) in [7, 11) is 0. The number of hydrogen-bond acceptors (Lipinski definition) is 1. The molecule has 1 aromatic carbocycles. The molecule has 0 bridgehead atoms. The highest BCUT2D eigenvalue weighted by Gasteiger charge is 2.34. The molecule has 0 saturated heterocycles. The van der Waals surface area contributed by atoms with Gasteiger partial charge in [-0.2, -0.15) is 0 Å². The number of hydrogen-bond donors (Lipinski definition) is 0. The van der Waals surface area contributed by atoms with Crippen LogP contribution in [0.5, 0.6) is 0 Å². The molecule has 0 N–H and O–H groups in total. The minimum Gasteiger partial charge on any atom is -0.299 e. The lowest BCUT2D eigenvalue weighted by molar-refractivity contribution is -0.126. The Morgan fingerprint density at radius 2 is 1.83 bits per heavy atom. The second kappa shape index (κ2) is 5.26.